The zero-order valence-electron chi connectivity index (χ0n) is 10.3. The number of rotatable bonds is 4. The molecule has 1 aromatic rings. The van der Waals surface area contributed by atoms with E-state index in [1.807, 2.05) is 13.8 Å². The fourth-order valence-electron chi connectivity index (χ4n) is 1.43. The molecule has 0 aliphatic rings. The molecule has 0 fully saturated rings. The fraction of sp³-hybridized carbons (Fsp3) is 0.500. The monoisotopic (exact) mass is 304 g/mol. The normalized spacial score (nSPS) is 11.7. The average Bonchev–Trinajstić information content (AvgIpc) is 2.31. The molecule has 0 spiro atoms. The van der Waals surface area contributed by atoms with E-state index in [1.54, 1.807) is 24.1 Å². The van der Waals surface area contributed by atoms with E-state index in [4.69, 9.17) is 5.73 Å². The lowest BCUT2D eigenvalue weighted by atomic mass is 10.0. The Kier molecular flexibility index (Phi) is 4.52. The van der Waals surface area contributed by atoms with Crippen LogP contribution in [0.25, 0.3) is 0 Å². The van der Waals surface area contributed by atoms with Gasteiger partial charge in [-0.15, -0.1) is 0 Å². The molecular formula is C12H18BrFN2O. The minimum absolute atomic E-state index is 0.0563. The summed E-state index contributed by atoms with van der Waals surface area (Å²) in [6.45, 7) is 3.92. The lowest BCUT2D eigenvalue weighted by Crippen LogP contribution is -2.44. The molecule has 0 amide bonds. The van der Waals surface area contributed by atoms with E-state index in [-0.39, 0.29) is 19.0 Å². The van der Waals surface area contributed by atoms with Crippen molar-refractivity contribution in [2.24, 2.45) is 5.73 Å². The van der Waals surface area contributed by atoms with Gasteiger partial charge in [0.2, 0.25) is 0 Å². The zero-order chi connectivity index (χ0) is 13.2. The van der Waals surface area contributed by atoms with Crippen molar-refractivity contribution >= 4 is 21.6 Å². The molecular weight excluding hydrogens is 287 g/mol. The van der Waals surface area contributed by atoms with Crippen LogP contribution in [0.1, 0.15) is 19.4 Å². The smallest absolute Gasteiger partial charge is 0.160 e. The SMILES string of the molecule is CN(c1ccc(CN)c(Br)c1F)C(C)(C)CO. The lowest BCUT2D eigenvalue weighted by Gasteiger charge is -2.36. The van der Waals surface area contributed by atoms with Crippen molar-refractivity contribution in [2.45, 2.75) is 25.9 Å². The highest BCUT2D eigenvalue weighted by molar-refractivity contribution is 9.10. The number of halogens is 2. The minimum Gasteiger partial charge on any atom is -0.394 e. The van der Waals surface area contributed by atoms with Crippen LogP contribution in [-0.4, -0.2) is 24.3 Å². The highest BCUT2D eigenvalue weighted by Gasteiger charge is 2.26. The third kappa shape index (κ3) is 2.78. The maximum Gasteiger partial charge on any atom is 0.160 e. The predicted molar refractivity (Wildman–Crippen MR) is 71.6 cm³/mol. The molecule has 0 aliphatic carbocycles. The van der Waals surface area contributed by atoms with Gasteiger partial charge < -0.3 is 15.7 Å². The number of hydrogen-bond acceptors (Lipinski definition) is 3. The van der Waals surface area contributed by atoms with Gasteiger partial charge in [-0.25, -0.2) is 4.39 Å². The zero-order valence-corrected chi connectivity index (χ0v) is 11.9. The lowest BCUT2D eigenvalue weighted by molar-refractivity contribution is 0.215. The molecule has 3 nitrogen and oxygen atoms in total. The number of benzene rings is 1. The summed E-state index contributed by atoms with van der Waals surface area (Å²) in [7, 11) is 1.75. The molecule has 0 atom stereocenters. The van der Waals surface area contributed by atoms with Gasteiger partial charge in [-0.1, -0.05) is 6.07 Å². The van der Waals surface area contributed by atoms with Gasteiger partial charge in [0, 0.05) is 13.6 Å². The van der Waals surface area contributed by atoms with E-state index in [0.29, 0.717) is 10.2 Å². The van der Waals surface area contributed by atoms with Gasteiger partial charge in [0.25, 0.3) is 0 Å². The summed E-state index contributed by atoms with van der Waals surface area (Å²) in [6.07, 6.45) is 0. The molecule has 0 aromatic heterocycles. The molecule has 0 radical (unpaired) electrons. The molecule has 0 aliphatic heterocycles. The maximum atomic E-state index is 14.1. The molecule has 96 valence electrons. The van der Waals surface area contributed by atoms with Crippen LogP contribution >= 0.6 is 15.9 Å². The first-order valence-corrected chi connectivity index (χ1v) is 6.16. The van der Waals surface area contributed by atoms with Crippen molar-refractivity contribution in [1.82, 2.24) is 0 Å². The number of aliphatic hydroxyl groups is 1. The summed E-state index contributed by atoms with van der Waals surface area (Å²) in [5.74, 6) is -0.350. The topological polar surface area (TPSA) is 49.5 Å². The van der Waals surface area contributed by atoms with Gasteiger partial charge in [-0.3, -0.25) is 0 Å². The van der Waals surface area contributed by atoms with Crippen LogP contribution in [0.3, 0.4) is 0 Å². The third-order valence-electron chi connectivity index (χ3n) is 3.02. The van der Waals surface area contributed by atoms with Crippen molar-refractivity contribution in [3.05, 3.63) is 28.0 Å². The van der Waals surface area contributed by atoms with Crippen molar-refractivity contribution in [3.8, 4) is 0 Å². The average molecular weight is 305 g/mol. The van der Waals surface area contributed by atoms with E-state index < -0.39 is 5.54 Å². The number of anilines is 1. The number of likely N-dealkylation sites (N-methyl/N-ethyl adjacent to an activating group) is 1. The summed E-state index contributed by atoms with van der Waals surface area (Å²) in [5.41, 5.74) is 6.15. The second-order valence-corrected chi connectivity index (χ2v) is 5.40. The molecule has 0 bridgehead atoms. The molecule has 1 rings (SSSR count). The summed E-state index contributed by atoms with van der Waals surface area (Å²) in [6, 6.07) is 3.46. The van der Waals surface area contributed by atoms with E-state index in [1.165, 1.54) is 0 Å². The second kappa shape index (κ2) is 5.33. The van der Waals surface area contributed by atoms with Crippen LogP contribution in [0, 0.1) is 5.82 Å². The van der Waals surface area contributed by atoms with Crippen molar-refractivity contribution in [3.63, 3.8) is 0 Å². The Morgan fingerprint density at radius 1 is 1.47 bits per heavy atom. The fourth-order valence-corrected chi connectivity index (χ4v) is 1.93. The Hall–Kier alpha value is -0.650. The Morgan fingerprint density at radius 3 is 2.53 bits per heavy atom. The Morgan fingerprint density at radius 2 is 2.06 bits per heavy atom. The molecule has 0 saturated carbocycles. The first-order valence-electron chi connectivity index (χ1n) is 5.36. The summed E-state index contributed by atoms with van der Waals surface area (Å²) in [5, 5.41) is 9.29. The van der Waals surface area contributed by atoms with E-state index >= 15 is 0 Å². The molecule has 5 heteroatoms. The quantitative estimate of drug-likeness (QED) is 0.897. The first-order chi connectivity index (χ1) is 7.85. The van der Waals surface area contributed by atoms with Crippen molar-refractivity contribution in [1.29, 1.82) is 0 Å². The van der Waals surface area contributed by atoms with Crippen LogP contribution in [0.5, 0.6) is 0 Å². The molecule has 0 saturated heterocycles. The van der Waals surface area contributed by atoms with Crippen molar-refractivity contribution in [2.75, 3.05) is 18.6 Å². The van der Waals surface area contributed by atoms with Crippen LogP contribution < -0.4 is 10.6 Å². The predicted octanol–water partition coefficient (Wildman–Crippen LogP) is 2.25. The number of aliphatic hydroxyl groups excluding tert-OH is 1. The maximum absolute atomic E-state index is 14.1. The van der Waals surface area contributed by atoms with E-state index in [0.717, 1.165) is 5.56 Å². The van der Waals surface area contributed by atoms with Gasteiger partial charge in [0.15, 0.2) is 5.82 Å². The molecule has 0 heterocycles. The summed E-state index contributed by atoms with van der Waals surface area (Å²) >= 11 is 3.20. The van der Waals surface area contributed by atoms with Crippen LogP contribution in [-0.2, 0) is 6.54 Å². The van der Waals surface area contributed by atoms with Gasteiger partial charge in [-0.05, 0) is 41.4 Å². The molecule has 0 unspecified atom stereocenters. The highest BCUT2D eigenvalue weighted by Crippen LogP contribution is 2.31. The van der Waals surface area contributed by atoms with E-state index in [9.17, 15) is 9.50 Å². The Bertz CT molecular complexity index is 410. The van der Waals surface area contributed by atoms with Gasteiger partial charge in [0.05, 0.1) is 22.3 Å². The number of hydrogen-bond donors (Lipinski definition) is 2. The summed E-state index contributed by atoms with van der Waals surface area (Å²) < 4.78 is 14.5. The number of nitrogens with zero attached hydrogens (tertiary/aromatic N) is 1. The summed E-state index contributed by atoms with van der Waals surface area (Å²) in [4.78, 5) is 1.72. The van der Waals surface area contributed by atoms with Crippen LogP contribution in [0.15, 0.2) is 16.6 Å². The first kappa shape index (κ1) is 14.4. The number of nitrogens with two attached hydrogens (primary N) is 1. The highest BCUT2D eigenvalue weighted by atomic mass is 79.9. The standard InChI is InChI=1S/C12H18BrFN2O/c1-12(2,7-17)16(3)9-5-4-8(6-15)10(13)11(9)14/h4-5,17H,6-7,15H2,1-3H3. The van der Waals surface area contributed by atoms with E-state index in [2.05, 4.69) is 15.9 Å². The van der Waals surface area contributed by atoms with Crippen LogP contribution in [0.4, 0.5) is 10.1 Å². The molecule has 1 aromatic carbocycles. The molecule has 3 N–H and O–H groups in total. The minimum atomic E-state index is -0.523. The van der Waals surface area contributed by atoms with Crippen LogP contribution in [0.2, 0.25) is 0 Å². The Balaban J connectivity index is 3.21. The van der Waals surface area contributed by atoms with Gasteiger partial charge in [-0.2, -0.15) is 0 Å². The largest absolute Gasteiger partial charge is 0.394 e. The third-order valence-corrected chi connectivity index (χ3v) is 3.88. The van der Waals surface area contributed by atoms with Gasteiger partial charge in [0.1, 0.15) is 0 Å². The molecule has 17 heavy (non-hydrogen) atoms. The Labute approximate surface area is 110 Å². The van der Waals surface area contributed by atoms with Crippen molar-refractivity contribution < 1.29 is 9.50 Å². The van der Waals surface area contributed by atoms with Gasteiger partial charge >= 0.3 is 0 Å². The second-order valence-electron chi connectivity index (χ2n) is 4.61.